The number of para-hydroxylation sites is 1. The summed E-state index contributed by atoms with van der Waals surface area (Å²) in [6.07, 6.45) is 0. The van der Waals surface area contributed by atoms with Gasteiger partial charge in [0.25, 0.3) is 0 Å². The van der Waals surface area contributed by atoms with Crippen molar-refractivity contribution < 1.29 is 17.9 Å². The van der Waals surface area contributed by atoms with Crippen molar-refractivity contribution in [1.82, 2.24) is 0 Å². The van der Waals surface area contributed by atoms with Crippen molar-refractivity contribution in [3.8, 4) is 5.75 Å². The second kappa shape index (κ2) is 5.09. The summed E-state index contributed by atoms with van der Waals surface area (Å²) in [4.78, 5) is 0. The molecule has 3 nitrogen and oxygen atoms in total. The van der Waals surface area contributed by atoms with Crippen LogP contribution in [0.15, 0.2) is 30.3 Å². The Morgan fingerprint density at radius 2 is 1.68 bits per heavy atom. The molecule has 0 unspecified atom stereocenters. The summed E-state index contributed by atoms with van der Waals surface area (Å²) in [6, 6.07) is 5.69. The van der Waals surface area contributed by atoms with Gasteiger partial charge in [-0.25, -0.2) is 13.2 Å². The molecule has 0 aliphatic heterocycles. The average molecular weight is 268 g/mol. The highest BCUT2D eigenvalue weighted by atomic mass is 19.1. The Balaban J connectivity index is 2.44. The summed E-state index contributed by atoms with van der Waals surface area (Å²) in [5.41, 5.74) is 5.40. The van der Waals surface area contributed by atoms with Gasteiger partial charge in [0.1, 0.15) is 17.3 Å². The number of hydrogen-bond donors (Lipinski definition) is 2. The van der Waals surface area contributed by atoms with Crippen molar-refractivity contribution in [2.45, 2.75) is 0 Å². The SMILES string of the molecule is COc1cc(Nc2c(F)cccc2F)c(N)cc1F. The van der Waals surface area contributed by atoms with Crippen LogP contribution in [0.25, 0.3) is 0 Å². The van der Waals surface area contributed by atoms with Crippen LogP contribution in [0.3, 0.4) is 0 Å². The number of halogens is 3. The van der Waals surface area contributed by atoms with Gasteiger partial charge < -0.3 is 15.8 Å². The van der Waals surface area contributed by atoms with Crippen LogP contribution in [0.5, 0.6) is 5.75 Å². The topological polar surface area (TPSA) is 47.3 Å². The predicted molar refractivity (Wildman–Crippen MR) is 67.0 cm³/mol. The molecule has 0 aliphatic rings. The van der Waals surface area contributed by atoms with Crippen LogP contribution in [0.4, 0.5) is 30.2 Å². The first-order valence-corrected chi connectivity index (χ1v) is 5.37. The van der Waals surface area contributed by atoms with Crippen LogP contribution in [-0.2, 0) is 0 Å². The molecule has 3 N–H and O–H groups in total. The maximum Gasteiger partial charge on any atom is 0.167 e. The normalized spacial score (nSPS) is 10.3. The first-order chi connectivity index (χ1) is 9.02. The minimum Gasteiger partial charge on any atom is -0.494 e. The van der Waals surface area contributed by atoms with Crippen molar-refractivity contribution in [1.29, 1.82) is 0 Å². The number of nitrogens with one attached hydrogen (secondary N) is 1. The second-order valence-electron chi connectivity index (χ2n) is 3.80. The number of ether oxygens (including phenoxy) is 1. The van der Waals surface area contributed by atoms with Crippen LogP contribution < -0.4 is 15.8 Å². The molecule has 0 radical (unpaired) electrons. The molecule has 0 saturated heterocycles. The number of anilines is 3. The fourth-order valence-corrected chi connectivity index (χ4v) is 1.59. The highest BCUT2D eigenvalue weighted by molar-refractivity contribution is 5.74. The molecule has 0 bridgehead atoms. The molecule has 19 heavy (non-hydrogen) atoms. The lowest BCUT2D eigenvalue weighted by molar-refractivity contribution is 0.387. The number of benzene rings is 2. The van der Waals surface area contributed by atoms with Gasteiger partial charge in [0.15, 0.2) is 11.6 Å². The van der Waals surface area contributed by atoms with Crippen molar-refractivity contribution >= 4 is 17.1 Å². The molecule has 0 saturated carbocycles. The van der Waals surface area contributed by atoms with Crippen molar-refractivity contribution in [3.63, 3.8) is 0 Å². The van der Waals surface area contributed by atoms with Gasteiger partial charge in [0, 0.05) is 12.1 Å². The van der Waals surface area contributed by atoms with E-state index < -0.39 is 17.5 Å². The molecular formula is C13H11F3N2O. The van der Waals surface area contributed by atoms with Gasteiger partial charge in [0.2, 0.25) is 0 Å². The predicted octanol–water partition coefficient (Wildman–Crippen LogP) is 3.44. The van der Waals surface area contributed by atoms with E-state index in [-0.39, 0.29) is 22.8 Å². The monoisotopic (exact) mass is 268 g/mol. The molecule has 0 spiro atoms. The minimum absolute atomic E-state index is 0.0148. The third-order valence-corrected chi connectivity index (χ3v) is 2.55. The highest BCUT2D eigenvalue weighted by Gasteiger charge is 2.13. The summed E-state index contributed by atoms with van der Waals surface area (Å²) < 4.78 is 45.1. The van der Waals surface area contributed by atoms with Crippen molar-refractivity contribution in [2.75, 3.05) is 18.2 Å². The van der Waals surface area contributed by atoms with E-state index in [1.807, 2.05) is 0 Å². The van der Waals surface area contributed by atoms with E-state index in [0.717, 1.165) is 18.2 Å². The maximum atomic E-state index is 13.5. The summed E-state index contributed by atoms with van der Waals surface area (Å²) in [6.45, 7) is 0. The molecule has 100 valence electrons. The molecule has 2 aromatic rings. The van der Waals surface area contributed by atoms with E-state index in [1.54, 1.807) is 0 Å². The quantitative estimate of drug-likeness (QED) is 0.838. The minimum atomic E-state index is -0.775. The number of rotatable bonds is 3. The molecule has 0 atom stereocenters. The largest absolute Gasteiger partial charge is 0.494 e. The molecule has 0 amide bonds. The van der Waals surface area contributed by atoms with Gasteiger partial charge in [0.05, 0.1) is 18.5 Å². The molecule has 0 aromatic heterocycles. The fourth-order valence-electron chi connectivity index (χ4n) is 1.59. The van der Waals surface area contributed by atoms with Crippen LogP contribution in [0.2, 0.25) is 0 Å². The molecule has 0 heterocycles. The standard InChI is InChI=1S/C13H11F3N2O/c1-19-12-6-11(10(17)5-9(12)16)18-13-7(14)3-2-4-8(13)15/h2-6,18H,17H2,1H3. The lowest BCUT2D eigenvalue weighted by atomic mass is 10.2. The summed E-state index contributed by atoms with van der Waals surface area (Å²) >= 11 is 0. The molecule has 0 fully saturated rings. The molecular weight excluding hydrogens is 257 g/mol. The van der Waals surface area contributed by atoms with Crippen LogP contribution >= 0.6 is 0 Å². The van der Waals surface area contributed by atoms with Gasteiger partial charge >= 0.3 is 0 Å². The van der Waals surface area contributed by atoms with Crippen molar-refractivity contribution in [3.05, 3.63) is 47.8 Å². The fraction of sp³-hybridized carbons (Fsp3) is 0.0769. The van der Waals surface area contributed by atoms with Gasteiger partial charge in [-0.2, -0.15) is 0 Å². The van der Waals surface area contributed by atoms with E-state index in [1.165, 1.54) is 19.2 Å². The maximum absolute atomic E-state index is 13.5. The van der Waals surface area contributed by atoms with E-state index in [9.17, 15) is 13.2 Å². The van der Waals surface area contributed by atoms with E-state index >= 15 is 0 Å². The third-order valence-electron chi connectivity index (χ3n) is 2.55. The second-order valence-corrected chi connectivity index (χ2v) is 3.80. The first kappa shape index (κ1) is 13.1. The average Bonchev–Trinajstić information content (AvgIpc) is 2.36. The summed E-state index contributed by atoms with van der Waals surface area (Å²) in [5, 5.41) is 2.49. The lowest BCUT2D eigenvalue weighted by Gasteiger charge is -2.13. The lowest BCUT2D eigenvalue weighted by Crippen LogP contribution is -2.02. The Kier molecular flexibility index (Phi) is 3.50. The van der Waals surface area contributed by atoms with Crippen LogP contribution in [-0.4, -0.2) is 7.11 Å². The number of nitrogens with two attached hydrogens (primary N) is 1. The summed E-state index contributed by atoms with van der Waals surface area (Å²) in [5.74, 6) is -2.28. The van der Waals surface area contributed by atoms with Gasteiger partial charge in [-0.05, 0) is 12.1 Å². The van der Waals surface area contributed by atoms with E-state index in [0.29, 0.717) is 0 Å². The first-order valence-electron chi connectivity index (χ1n) is 5.37. The zero-order valence-corrected chi connectivity index (χ0v) is 10.0. The Labute approximate surface area is 107 Å². The Morgan fingerprint density at radius 3 is 2.26 bits per heavy atom. The number of hydrogen-bond acceptors (Lipinski definition) is 3. The molecule has 6 heteroatoms. The molecule has 0 aliphatic carbocycles. The van der Waals surface area contributed by atoms with E-state index in [2.05, 4.69) is 5.32 Å². The van der Waals surface area contributed by atoms with E-state index in [4.69, 9.17) is 10.5 Å². The van der Waals surface area contributed by atoms with Crippen molar-refractivity contribution in [2.24, 2.45) is 0 Å². The third kappa shape index (κ3) is 2.57. The zero-order valence-electron chi connectivity index (χ0n) is 10.0. The smallest absolute Gasteiger partial charge is 0.167 e. The Hall–Kier alpha value is -2.37. The zero-order chi connectivity index (χ0) is 14.0. The Bertz CT molecular complexity index is 597. The molecule has 2 aromatic carbocycles. The van der Waals surface area contributed by atoms with Crippen LogP contribution in [0.1, 0.15) is 0 Å². The van der Waals surface area contributed by atoms with Gasteiger partial charge in [-0.3, -0.25) is 0 Å². The number of methoxy groups -OCH3 is 1. The Morgan fingerprint density at radius 1 is 1.05 bits per heavy atom. The van der Waals surface area contributed by atoms with Gasteiger partial charge in [-0.1, -0.05) is 6.07 Å². The van der Waals surface area contributed by atoms with Gasteiger partial charge in [-0.15, -0.1) is 0 Å². The van der Waals surface area contributed by atoms with Crippen LogP contribution in [0, 0.1) is 17.5 Å². The number of nitrogen functional groups attached to an aromatic ring is 1. The highest BCUT2D eigenvalue weighted by Crippen LogP contribution is 2.32. The molecule has 2 rings (SSSR count). The summed E-state index contributed by atoms with van der Waals surface area (Å²) in [7, 11) is 1.28.